The monoisotopic (exact) mass is 559 g/mol. The van der Waals surface area contributed by atoms with Crippen LogP contribution in [0.25, 0.3) is 0 Å². The van der Waals surface area contributed by atoms with Crippen molar-refractivity contribution in [2.75, 3.05) is 31.6 Å². The van der Waals surface area contributed by atoms with E-state index in [2.05, 4.69) is 24.5 Å². The van der Waals surface area contributed by atoms with Crippen molar-refractivity contribution in [2.24, 2.45) is 11.8 Å². The molecule has 0 saturated carbocycles. The Morgan fingerprint density at radius 3 is 2.49 bits per heavy atom. The van der Waals surface area contributed by atoms with E-state index in [0.717, 1.165) is 63.5 Å². The second-order valence-corrected chi connectivity index (χ2v) is 13.2. The summed E-state index contributed by atoms with van der Waals surface area (Å²) in [6.45, 7) is 7.99. The molecular formula is C30H45N3O5S. The van der Waals surface area contributed by atoms with Crippen molar-refractivity contribution in [3.63, 3.8) is 0 Å². The van der Waals surface area contributed by atoms with Crippen LogP contribution in [0.15, 0.2) is 24.3 Å². The van der Waals surface area contributed by atoms with Gasteiger partial charge in [0, 0.05) is 30.1 Å². The van der Waals surface area contributed by atoms with Gasteiger partial charge in [0.1, 0.15) is 11.8 Å². The van der Waals surface area contributed by atoms with Crippen LogP contribution in [0, 0.1) is 11.8 Å². The van der Waals surface area contributed by atoms with Crippen LogP contribution in [0.1, 0.15) is 78.6 Å². The SMILES string of the molecule is CCCCCNC(=O)C1N(CCCCCCO)C(=O)[C@@H]2[C@H](C(=O)Nc3ccc(OCC)cc3)[C@]3(C)CCC12S3. The highest BCUT2D eigenvalue weighted by Gasteiger charge is 2.76. The van der Waals surface area contributed by atoms with E-state index in [1.54, 1.807) is 16.7 Å². The Morgan fingerprint density at radius 2 is 1.79 bits per heavy atom. The first-order chi connectivity index (χ1) is 18.8. The molecule has 3 aliphatic heterocycles. The molecule has 39 heavy (non-hydrogen) atoms. The van der Waals surface area contributed by atoms with Crippen LogP contribution in [0.4, 0.5) is 5.69 Å². The van der Waals surface area contributed by atoms with E-state index in [-0.39, 0.29) is 24.3 Å². The maximum absolute atomic E-state index is 14.1. The lowest BCUT2D eigenvalue weighted by Gasteiger charge is -2.35. The van der Waals surface area contributed by atoms with Gasteiger partial charge in [-0.1, -0.05) is 32.6 Å². The molecular weight excluding hydrogens is 514 g/mol. The van der Waals surface area contributed by atoms with Gasteiger partial charge in [0.25, 0.3) is 0 Å². The molecule has 2 unspecified atom stereocenters. The van der Waals surface area contributed by atoms with Gasteiger partial charge in [-0.3, -0.25) is 14.4 Å². The fraction of sp³-hybridized carbons (Fsp3) is 0.700. The Hall–Kier alpha value is -2.26. The second kappa shape index (κ2) is 12.9. The average molecular weight is 560 g/mol. The number of aliphatic hydroxyl groups is 1. The molecule has 0 aliphatic carbocycles. The summed E-state index contributed by atoms with van der Waals surface area (Å²) in [6, 6.07) is 6.74. The Balaban J connectivity index is 1.56. The predicted octanol–water partition coefficient (Wildman–Crippen LogP) is 4.36. The van der Waals surface area contributed by atoms with Crippen LogP contribution < -0.4 is 15.4 Å². The van der Waals surface area contributed by atoms with Gasteiger partial charge in [-0.25, -0.2) is 0 Å². The summed E-state index contributed by atoms with van der Waals surface area (Å²) in [4.78, 5) is 43.4. The van der Waals surface area contributed by atoms with Crippen LogP contribution in [0.2, 0.25) is 0 Å². The topological polar surface area (TPSA) is 108 Å². The number of nitrogens with zero attached hydrogens (tertiary/aromatic N) is 1. The van der Waals surface area contributed by atoms with Gasteiger partial charge >= 0.3 is 0 Å². The minimum Gasteiger partial charge on any atom is -0.494 e. The summed E-state index contributed by atoms with van der Waals surface area (Å²) in [7, 11) is 0. The van der Waals surface area contributed by atoms with Gasteiger partial charge < -0.3 is 25.4 Å². The van der Waals surface area contributed by atoms with Crippen molar-refractivity contribution in [2.45, 2.75) is 94.1 Å². The van der Waals surface area contributed by atoms with Crippen LogP contribution in [-0.4, -0.2) is 69.6 Å². The van der Waals surface area contributed by atoms with Crippen LogP contribution in [0.5, 0.6) is 5.75 Å². The van der Waals surface area contributed by atoms with Gasteiger partial charge in [0.05, 0.1) is 23.2 Å². The molecule has 2 bridgehead atoms. The Bertz CT molecular complexity index is 1020. The van der Waals surface area contributed by atoms with E-state index in [1.807, 2.05) is 31.2 Å². The number of nitrogens with one attached hydrogen (secondary N) is 2. The summed E-state index contributed by atoms with van der Waals surface area (Å²) < 4.78 is 4.53. The lowest BCUT2D eigenvalue weighted by Crippen LogP contribution is -2.54. The summed E-state index contributed by atoms with van der Waals surface area (Å²) >= 11 is 1.71. The quantitative estimate of drug-likeness (QED) is 0.276. The lowest BCUT2D eigenvalue weighted by atomic mass is 9.66. The molecule has 1 aromatic rings. The highest BCUT2D eigenvalue weighted by Crippen LogP contribution is 2.71. The number of benzene rings is 1. The number of rotatable bonds is 15. The molecule has 0 aromatic heterocycles. The average Bonchev–Trinajstić information content (AvgIpc) is 3.48. The van der Waals surface area contributed by atoms with Gasteiger partial charge in [-0.15, -0.1) is 11.8 Å². The van der Waals surface area contributed by atoms with E-state index in [9.17, 15) is 14.4 Å². The van der Waals surface area contributed by atoms with Crippen molar-refractivity contribution in [3.05, 3.63) is 24.3 Å². The largest absolute Gasteiger partial charge is 0.494 e. The van der Waals surface area contributed by atoms with Crippen molar-refractivity contribution in [1.82, 2.24) is 10.2 Å². The molecule has 4 rings (SSSR count). The smallest absolute Gasteiger partial charge is 0.244 e. The Labute approximate surface area is 237 Å². The molecule has 3 fully saturated rings. The maximum atomic E-state index is 14.1. The molecule has 0 radical (unpaired) electrons. The number of likely N-dealkylation sites (tertiary alicyclic amines) is 1. The van der Waals surface area contributed by atoms with E-state index in [4.69, 9.17) is 9.84 Å². The number of amides is 3. The first-order valence-electron chi connectivity index (χ1n) is 14.7. The molecule has 3 amide bonds. The number of carbonyl (C=O) groups excluding carboxylic acids is 3. The fourth-order valence-corrected chi connectivity index (χ4v) is 9.18. The van der Waals surface area contributed by atoms with Gasteiger partial charge in [0.2, 0.25) is 17.7 Å². The number of hydrogen-bond donors (Lipinski definition) is 3. The molecule has 9 heteroatoms. The van der Waals surface area contributed by atoms with Crippen molar-refractivity contribution in [1.29, 1.82) is 0 Å². The lowest BCUT2D eigenvalue weighted by molar-refractivity contribution is -0.139. The third-order valence-corrected chi connectivity index (χ3v) is 10.6. The molecule has 1 spiro atoms. The first kappa shape index (κ1) is 29.7. The molecule has 8 nitrogen and oxygen atoms in total. The first-order valence-corrected chi connectivity index (χ1v) is 15.6. The predicted molar refractivity (Wildman–Crippen MR) is 155 cm³/mol. The van der Waals surface area contributed by atoms with Crippen LogP contribution in [0.3, 0.4) is 0 Å². The number of carbonyl (C=O) groups is 3. The van der Waals surface area contributed by atoms with Crippen LogP contribution >= 0.6 is 11.8 Å². The molecule has 5 atom stereocenters. The molecule has 3 aliphatic rings. The summed E-state index contributed by atoms with van der Waals surface area (Å²) in [5.74, 6) is -0.584. The van der Waals surface area contributed by atoms with E-state index >= 15 is 0 Å². The molecule has 3 N–H and O–H groups in total. The normalized spacial score (nSPS) is 29.0. The minimum atomic E-state index is -0.591. The zero-order valence-electron chi connectivity index (χ0n) is 23.7. The van der Waals surface area contributed by atoms with Crippen molar-refractivity contribution in [3.8, 4) is 5.75 Å². The zero-order valence-corrected chi connectivity index (χ0v) is 24.5. The zero-order chi connectivity index (χ0) is 28.0. The van der Waals surface area contributed by atoms with Crippen molar-refractivity contribution >= 4 is 35.2 Å². The number of hydrogen-bond acceptors (Lipinski definition) is 6. The molecule has 3 heterocycles. The number of aliphatic hydroxyl groups excluding tert-OH is 1. The van der Waals surface area contributed by atoms with Gasteiger partial charge in [-0.2, -0.15) is 0 Å². The van der Waals surface area contributed by atoms with Gasteiger partial charge in [-0.05, 0) is 70.2 Å². The Morgan fingerprint density at radius 1 is 1.05 bits per heavy atom. The summed E-state index contributed by atoms with van der Waals surface area (Å²) in [6.07, 6.45) is 7.88. The standard InChI is InChI=1S/C30H45N3O5S/c1-4-6-9-18-31-27(36)25-30-17-16-29(3,39-30)23(24(30)28(37)33(25)19-10-7-8-11-20-34)26(35)32-21-12-14-22(15-13-21)38-5-2/h12-15,23-25,34H,4-11,16-20H2,1-3H3,(H,31,36)(H,32,35)/t23-,24+,25?,29+,30?/m1/s1. The highest BCUT2D eigenvalue weighted by molar-refractivity contribution is 8.02. The Kier molecular flexibility index (Phi) is 9.86. The van der Waals surface area contributed by atoms with Crippen LogP contribution in [-0.2, 0) is 14.4 Å². The number of unbranched alkanes of at least 4 members (excludes halogenated alkanes) is 5. The van der Waals surface area contributed by atoms with E-state index in [0.29, 0.717) is 25.4 Å². The minimum absolute atomic E-state index is 0.0614. The molecule has 216 valence electrons. The number of anilines is 1. The summed E-state index contributed by atoms with van der Waals surface area (Å²) in [5.41, 5.74) is 0.672. The fourth-order valence-electron chi connectivity index (χ4n) is 6.82. The second-order valence-electron chi connectivity index (χ2n) is 11.3. The molecule has 3 saturated heterocycles. The van der Waals surface area contributed by atoms with E-state index < -0.39 is 27.4 Å². The van der Waals surface area contributed by atoms with Crippen molar-refractivity contribution < 1.29 is 24.2 Å². The highest BCUT2D eigenvalue weighted by atomic mass is 32.2. The number of ether oxygens (including phenoxy) is 1. The summed E-state index contributed by atoms with van der Waals surface area (Å²) in [5, 5.41) is 15.3. The van der Waals surface area contributed by atoms with E-state index in [1.165, 1.54) is 0 Å². The third-order valence-electron chi connectivity index (χ3n) is 8.63. The molecule has 1 aromatic carbocycles. The maximum Gasteiger partial charge on any atom is 0.244 e. The number of fused-ring (bicyclic) bond motifs is 1. The van der Waals surface area contributed by atoms with Gasteiger partial charge in [0.15, 0.2) is 0 Å². The number of thioether (sulfide) groups is 1. The third kappa shape index (κ3) is 5.94.